The SMILES string of the molecule is O=C(c1ccccc1)[C@H]1CCCN(C(=O)CCc2cc(Cl)no2)C1. The van der Waals surface area contributed by atoms with Crippen LogP contribution in [0.3, 0.4) is 0 Å². The Bertz CT molecular complexity index is 714. The largest absolute Gasteiger partial charge is 0.360 e. The fourth-order valence-electron chi connectivity index (χ4n) is 3.05. The van der Waals surface area contributed by atoms with Gasteiger partial charge in [0.2, 0.25) is 5.91 Å². The molecule has 1 aliphatic heterocycles. The number of Topliss-reactive ketones (excluding diaryl/α,β-unsaturated/α-hetero) is 1. The molecule has 1 fully saturated rings. The standard InChI is InChI=1S/C18H19ClN2O3/c19-16-11-15(24-20-16)8-9-17(22)21-10-4-7-14(12-21)18(23)13-5-2-1-3-6-13/h1-3,5-6,11,14H,4,7-10,12H2/t14-/m0/s1. The van der Waals surface area contributed by atoms with Gasteiger partial charge in [-0.1, -0.05) is 47.1 Å². The number of likely N-dealkylation sites (tertiary alicyclic amines) is 1. The van der Waals surface area contributed by atoms with E-state index in [0.29, 0.717) is 42.4 Å². The highest BCUT2D eigenvalue weighted by Crippen LogP contribution is 2.22. The Labute approximate surface area is 145 Å². The van der Waals surface area contributed by atoms with Gasteiger partial charge in [0, 0.05) is 43.5 Å². The molecule has 5 nitrogen and oxygen atoms in total. The zero-order chi connectivity index (χ0) is 16.9. The number of nitrogens with zero attached hydrogens (tertiary/aromatic N) is 2. The van der Waals surface area contributed by atoms with Crippen molar-refractivity contribution < 1.29 is 14.1 Å². The van der Waals surface area contributed by atoms with Crippen molar-refractivity contribution in [2.24, 2.45) is 5.92 Å². The van der Waals surface area contributed by atoms with Crippen LogP contribution >= 0.6 is 11.6 Å². The highest BCUT2D eigenvalue weighted by Gasteiger charge is 2.28. The lowest BCUT2D eigenvalue weighted by Gasteiger charge is -2.32. The second kappa shape index (κ2) is 7.62. The molecule has 0 N–H and O–H groups in total. The monoisotopic (exact) mass is 346 g/mol. The summed E-state index contributed by atoms with van der Waals surface area (Å²) in [6.45, 7) is 1.19. The third kappa shape index (κ3) is 4.03. The molecule has 0 unspecified atom stereocenters. The normalized spacial score (nSPS) is 17.7. The Morgan fingerprint density at radius 3 is 2.79 bits per heavy atom. The Morgan fingerprint density at radius 2 is 2.08 bits per heavy atom. The summed E-state index contributed by atoms with van der Waals surface area (Å²) in [5.41, 5.74) is 0.716. The van der Waals surface area contributed by atoms with Crippen molar-refractivity contribution in [1.82, 2.24) is 10.1 Å². The maximum Gasteiger partial charge on any atom is 0.223 e. The molecular weight excluding hydrogens is 328 g/mol. The third-order valence-electron chi connectivity index (χ3n) is 4.32. The Balaban J connectivity index is 1.56. The van der Waals surface area contributed by atoms with Crippen molar-refractivity contribution >= 4 is 23.3 Å². The summed E-state index contributed by atoms with van der Waals surface area (Å²) in [5, 5.41) is 3.89. The number of ketones is 1. The first-order chi connectivity index (χ1) is 11.6. The van der Waals surface area contributed by atoms with E-state index in [1.807, 2.05) is 30.3 Å². The lowest BCUT2D eigenvalue weighted by molar-refractivity contribution is -0.132. The number of benzene rings is 1. The first-order valence-corrected chi connectivity index (χ1v) is 8.49. The molecule has 0 bridgehead atoms. The van der Waals surface area contributed by atoms with E-state index in [0.717, 1.165) is 12.8 Å². The minimum Gasteiger partial charge on any atom is -0.360 e. The van der Waals surface area contributed by atoms with Crippen LogP contribution in [0.1, 0.15) is 35.4 Å². The van der Waals surface area contributed by atoms with Gasteiger partial charge < -0.3 is 9.42 Å². The van der Waals surface area contributed by atoms with E-state index in [4.69, 9.17) is 16.1 Å². The van der Waals surface area contributed by atoms with Crippen molar-refractivity contribution in [3.05, 3.63) is 52.9 Å². The number of aromatic nitrogens is 1. The lowest BCUT2D eigenvalue weighted by atomic mass is 9.90. The number of aryl methyl sites for hydroxylation is 1. The van der Waals surface area contributed by atoms with Crippen LogP contribution in [0, 0.1) is 5.92 Å². The van der Waals surface area contributed by atoms with Crippen LogP contribution in [0.5, 0.6) is 0 Å². The summed E-state index contributed by atoms with van der Waals surface area (Å²) < 4.78 is 5.01. The summed E-state index contributed by atoms with van der Waals surface area (Å²) in [6.07, 6.45) is 2.47. The summed E-state index contributed by atoms with van der Waals surface area (Å²) >= 11 is 5.70. The molecule has 0 spiro atoms. The quantitative estimate of drug-likeness (QED) is 0.778. The van der Waals surface area contributed by atoms with Crippen molar-refractivity contribution in [2.45, 2.75) is 25.7 Å². The van der Waals surface area contributed by atoms with Gasteiger partial charge in [-0.05, 0) is 12.8 Å². The maximum absolute atomic E-state index is 12.6. The van der Waals surface area contributed by atoms with Crippen molar-refractivity contribution in [3.63, 3.8) is 0 Å². The average Bonchev–Trinajstić information content (AvgIpc) is 3.05. The molecule has 1 amide bonds. The number of piperidine rings is 1. The van der Waals surface area contributed by atoms with Gasteiger partial charge in [-0.15, -0.1) is 0 Å². The smallest absolute Gasteiger partial charge is 0.223 e. The Hall–Kier alpha value is -2.14. The minimum atomic E-state index is -0.121. The number of carbonyl (C=O) groups is 2. The van der Waals surface area contributed by atoms with E-state index in [2.05, 4.69) is 5.16 Å². The molecule has 1 aliphatic rings. The molecular formula is C18H19ClN2O3. The van der Waals surface area contributed by atoms with Crippen molar-refractivity contribution in [2.75, 3.05) is 13.1 Å². The highest BCUT2D eigenvalue weighted by atomic mass is 35.5. The zero-order valence-electron chi connectivity index (χ0n) is 13.3. The summed E-state index contributed by atoms with van der Waals surface area (Å²) in [7, 11) is 0. The second-order valence-electron chi connectivity index (χ2n) is 6.03. The number of halogens is 1. The topological polar surface area (TPSA) is 63.4 Å². The van der Waals surface area contributed by atoms with Crippen LogP contribution in [0.15, 0.2) is 40.9 Å². The summed E-state index contributed by atoms with van der Waals surface area (Å²) in [4.78, 5) is 26.8. The molecule has 1 atom stereocenters. The van der Waals surface area contributed by atoms with Gasteiger partial charge in [0.15, 0.2) is 10.9 Å². The molecule has 2 aromatic rings. The van der Waals surface area contributed by atoms with Gasteiger partial charge in [-0.3, -0.25) is 9.59 Å². The summed E-state index contributed by atoms with van der Waals surface area (Å²) in [6, 6.07) is 10.9. The number of carbonyl (C=O) groups excluding carboxylic acids is 2. The predicted octanol–water partition coefficient (Wildman–Crippen LogP) is 3.38. The fraction of sp³-hybridized carbons (Fsp3) is 0.389. The van der Waals surface area contributed by atoms with E-state index in [1.165, 1.54) is 0 Å². The first kappa shape index (κ1) is 16.7. The molecule has 0 saturated carbocycles. The third-order valence-corrected chi connectivity index (χ3v) is 4.50. The predicted molar refractivity (Wildman–Crippen MR) is 89.9 cm³/mol. The molecule has 6 heteroatoms. The molecule has 1 saturated heterocycles. The van der Waals surface area contributed by atoms with Crippen molar-refractivity contribution in [3.8, 4) is 0 Å². The van der Waals surface area contributed by atoms with E-state index in [-0.39, 0.29) is 17.6 Å². The molecule has 126 valence electrons. The highest BCUT2D eigenvalue weighted by molar-refractivity contribution is 6.29. The van der Waals surface area contributed by atoms with Gasteiger partial charge in [0.05, 0.1) is 0 Å². The second-order valence-corrected chi connectivity index (χ2v) is 6.41. The maximum atomic E-state index is 12.6. The van der Waals surface area contributed by atoms with Crippen LogP contribution in [0.4, 0.5) is 0 Å². The van der Waals surface area contributed by atoms with Gasteiger partial charge in [0.25, 0.3) is 0 Å². The molecule has 24 heavy (non-hydrogen) atoms. The fourth-order valence-corrected chi connectivity index (χ4v) is 3.21. The average molecular weight is 347 g/mol. The minimum absolute atomic E-state index is 0.0353. The number of hydrogen-bond donors (Lipinski definition) is 0. The molecule has 2 heterocycles. The Morgan fingerprint density at radius 1 is 1.29 bits per heavy atom. The van der Waals surface area contributed by atoms with Crippen LogP contribution in [0.2, 0.25) is 5.15 Å². The van der Waals surface area contributed by atoms with Crippen LogP contribution in [-0.2, 0) is 11.2 Å². The first-order valence-electron chi connectivity index (χ1n) is 8.11. The summed E-state index contributed by atoms with van der Waals surface area (Å²) in [5.74, 6) is 0.635. The van der Waals surface area contributed by atoms with Crippen LogP contribution < -0.4 is 0 Å². The molecule has 1 aromatic carbocycles. The van der Waals surface area contributed by atoms with Gasteiger partial charge in [-0.2, -0.15) is 0 Å². The van der Waals surface area contributed by atoms with Gasteiger partial charge >= 0.3 is 0 Å². The lowest BCUT2D eigenvalue weighted by Crippen LogP contribution is -2.42. The van der Waals surface area contributed by atoms with E-state index in [9.17, 15) is 9.59 Å². The molecule has 1 aromatic heterocycles. The Kier molecular flexibility index (Phi) is 5.30. The molecule has 0 radical (unpaired) electrons. The van der Waals surface area contributed by atoms with Crippen LogP contribution in [0.25, 0.3) is 0 Å². The number of hydrogen-bond acceptors (Lipinski definition) is 4. The molecule has 3 rings (SSSR count). The van der Waals surface area contributed by atoms with Gasteiger partial charge in [-0.25, -0.2) is 0 Å². The van der Waals surface area contributed by atoms with Crippen molar-refractivity contribution in [1.29, 1.82) is 0 Å². The molecule has 0 aliphatic carbocycles. The van der Waals surface area contributed by atoms with Crippen LogP contribution in [-0.4, -0.2) is 34.8 Å². The number of rotatable bonds is 5. The van der Waals surface area contributed by atoms with E-state index >= 15 is 0 Å². The van der Waals surface area contributed by atoms with E-state index < -0.39 is 0 Å². The van der Waals surface area contributed by atoms with Gasteiger partial charge in [0.1, 0.15) is 5.76 Å². The number of amides is 1. The zero-order valence-corrected chi connectivity index (χ0v) is 14.0. The van der Waals surface area contributed by atoms with E-state index in [1.54, 1.807) is 11.0 Å².